The fourth-order valence-electron chi connectivity index (χ4n) is 6.11. The van der Waals surface area contributed by atoms with Crippen molar-refractivity contribution < 1.29 is 33.6 Å². The number of hydrogen-bond acceptors (Lipinski definition) is 8. The number of ether oxygens (including phenoxy) is 4. The molecule has 9 heteroatoms. The number of methoxy groups -OCH3 is 2. The molecule has 3 heterocycles. The van der Waals surface area contributed by atoms with Crippen LogP contribution in [0.1, 0.15) is 77.0 Å². The lowest BCUT2D eigenvalue weighted by atomic mass is 9.86. The Morgan fingerprint density at radius 2 is 1.98 bits per heavy atom. The van der Waals surface area contributed by atoms with Crippen molar-refractivity contribution in [1.29, 1.82) is 0 Å². The average molecular weight is 555 g/mol. The lowest BCUT2D eigenvalue weighted by molar-refractivity contribution is -0.145. The second kappa shape index (κ2) is 11.1. The summed E-state index contributed by atoms with van der Waals surface area (Å²) in [5, 5.41) is 10.6. The minimum absolute atomic E-state index is 0.101. The van der Waals surface area contributed by atoms with E-state index in [1.54, 1.807) is 27.9 Å². The monoisotopic (exact) mass is 554 g/mol. The topological polar surface area (TPSA) is 107 Å². The van der Waals surface area contributed by atoms with E-state index in [1.165, 1.54) is 12.0 Å². The van der Waals surface area contributed by atoms with E-state index in [2.05, 4.69) is 0 Å². The molecular weight excluding hydrogens is 512 g/mol. The van der Waals surface area contributed by atoms with Gasteiger partial charge in [0, 0.05) is 17.4 Å². The highest BCUT2D eigenvalue weighted by molar-refractivity contribution is 5.87. The molecule has 1 saturated carbocycles. The van der Waals surface area contributed by atoms with Gasteiger partial charge in [-0.15, -0.1) is 0 Å². The molecule has 4 atom stereocenters. The minimum atomic E-state index is -0.781. The van der Waals surface area contributed by atoms with Crippen LogP contribution in [0.4, 0.5) is 4.79 Å². The van der Waals surface area contributed by atoms with E-state index in [9.17, 15) is 14.7 Å². The quantitative estimate of drug-likeness (QED) is 0.360. The van der Waals surface area contributed by atoms with Crippen molar-refractivity contribution in [2.75, 3.05) is 20.8 Å². The molecule has 0 radical (unpaired) electrons. The van der Waals surface area contributed by atoms with Gasteiger partial charge in [-0.05, 0) is 83.4 Å². The maximum Gasteiger partial charge on any atom is 0.411 e. The first kappa shape index (κ1) is 28.5. The number of unbranched alkanes of at least 4 members (excludes halogenated alkanes) is 2. The summed E-state index contributed by atoms with van der Waals surface area (Å²) < 4.78 is 23.1. The van der Waals surface area contributed by atoms with Gasteiger partial charge in [0.1, 0.15) is 28.7 Å². The molecule has 5 rings (SSSR count). The number of aliphatic hydroxyl groups is 1. The van der Waals surface area contributed by atoms with Crippen LogP contribution in [0.2, 0.25) is 0 Å². The van der Waals surface area contributed by atoms with Crippen molar-refractivity contribution in [2.45, 2.75) is 102 Å². The number of rotatable bonds is 8. The molecule has 2 aromatic rings. The zero-order valence-corrected chi connectivity index (χ0v) is 24.3. The van der Waals surface area contributed by atoms with Gasteiger partial charge in [-0.25, -0.2) is 14.6 Å². The van der Waals surface area contributed by atoms with Crippen LogP contribution in [-0.4, -0.2) is 71.2 Å². The van der Waals surface area contributed by atoms with Crippen LogP contribution in [0.3, 0.4) is 0 Å². The van der Waals surface area contributed by atoms with Crippen LogP contribution in [0.25, 0.3) is 10.9 Å². The summed E-state index contributed by atoms with van der Waals surface area (Å²) in [7, 11) is 2.99. The van der Waals surface area contributed by atoms with Crippen molar-refractivity contribution in [3.05, 3.63) is 29.5 Å². The summed E-state index contributed by atoms with van der Waals surface area (Å²) in [6.45, 7) is 5.66. The van der Waals surface area contributed by atoms with Crippen LogP contribution in [0.15, 0.2) is 18.2 Å². The Labute approximate surface area is 236 Å². The van der Waals surface area contributed by atoms with E-state index >= 15 is 0 Å². The third-order valence-corrected chi connectivity index (χ3v) is 8.34. The van der Waals surface area contributed by atoms with Crippen LogP contribution in [-0.2, 0) is 27.1 Å². The van der Waals surface area contributed by atoms with Crippen LogP contribution < -0.4 is 9.47 Å². The first-order valence-corrected chi connectivity index (χ1v) is 14.5. The van der Waals surface area contributed by atoms with E-state index < -0.39 is 29.3 Å². The maximum atomic E-state index is 13.1. The highest BCUT2D eigenvalue weighted by atomic mass is 16.6. The van der Waals surface area contributed by atoms with Crippen molar-refractivity contribution >= 4 is 23.0 Å². The molecule has 1 aromatic carbocycles. The molecule has 9 nitrogen and oxygen atoms in total. The number of amides is 1. The second-order valence-corrected chi connectivity index (χ2v) is 12.5. The predicted molar refractivity (Wildman–Crippen MR) is 150 cm³/mol. The fourth-order valence-corrected chi connectivity index (χ4v) is 6.11. The Hall–Kier alpha value is -3.07. The summed E-state index contributed by atoms with van der Waals surface area (Å²) in [4.78, 5) is 32.4. The standard InChI is InChI=1S/C31H42N2O7/c1-30(2,3)40-29(36)33-18-31(17-25(33)28(35)38-5)14-13-21-22-16-20(37-4)11-12-23(22)32-24(27(21)39-31)10-8-6-7-9-19-15-26(19)34/h11-12,16,19,25-26,34H,6-10,13-15,17-18H2,1-5H3/t19-,25+,26-,31-/m1/s1. The van der Waals surface area contributed by atoms with E-state index in [1.807, 2.05) is 18.2 Å². The number of benzene rings is 1. The molecule has 0 unspecified atom stereocenters. The molecule has 40 heavy (non-hydrogen) atoms. The number of pyridine rings is 1. The van der Waals surface area contributed by atoms with Gasteiger partial charge in [0.05, 0.1) is 38.1 Å². The Morgan fingerprint density at radius 3 is 2.65 bits per heavy atom. The Balaban J connectivity index is 1.42. The maximum absolute atomic E-state index is 13.1. The molecule has 2 fully saturated rings. The number of likely N-dealkylation sites (tertiary alicyclic amines) is 1. The molecule has 1 aliphatic carbocycles. The highest BCUT2D eigenvalue weighted by Crippen LogP contribution is 2.46. The van der Waals surface area contributed by atoms with Gasteiger partial charge < -0.3 is 24.1 Å². The first-order chi connectivity index (χ1) is 19.0. The van der Waals surface area contributed by atoms with Crippen LogP contribution in [0.5, 0.6) is 11.5 Å². The normalized spacial score (nSPS) is 25.4. The zero-order valence-electron chi connectivity index (χ0n) is 24.3. The number of carbonyl (C=O) groups is 2. The predicted octanol–water partition coefficient (Wildman–Crippen LogP) is 4.97. The Morgan fingerprint density at radius 1 is 1.20 bits per heavy atom. The van der Waals surface area contributed by atoms with Gasteiger partial charge in [0.15, 0.2) is 0 Å². The Kier molecular flexibility index (Phi) is 7.88. The summed E-state index contributed by atoms with van der Waals surface area (Å²) >= 11 is 0. The number of aromatic nitrogens is 1. The number of carbonyl (C=O) groups excluding carboxylic acids is 2. The number of fused-ring (bicyclic) bond motifs is 3. The smallest absolute Gasteiger partial charge is 0.411 e. The van der Waals surface area contributed by atoms with Crippen LogP contribution in [0, 0.1) is 5.92 Å². The van der Waals surface area contributed by atoms with Gasteiger partial charge in [-0.1, -0.05) is 12.8 Å². The van der Waals surface area contributed by atoms with E-state index in [0.717, 1.165) is 78.6 Å². The first-order valence-electron chi connectivity index (χ1n) is 14.5. The summed E-state index contributed by atoms with van der Waals surface area (Å²) in [6, 6.07) is 5.14. The van der Waals surface area contributed by atoms with Crippen molar-refractivity contribution in [1.82, 2.24) is 9.88 Å². The average Bonchev–Trinajstić information content (AvgIpc) is 3.50. The third kappa shape index (κ3) is 5.99. The number of esters is 1. The number of aliphatic hydroxyl groups excluding tert-OH is 1. The SMILES string of the molecule is COC(=O)[C@@H]1C[C@]2(CCc3c(c(CCCCC[C@@H]4C[C@H]4O)nc4ccc(OC)cc34)O2)CN1C(=O)OC(C)(C)C. The lowest BCUT2D eigenvalue weighted by Gasteiger charge is -2.37. The third-order valence-electron chi connectivity index (χ3n) is 8.34. The van der Waals surface area contributed by atoms with Crippen molar-refractivity contribution in [2.24, 2.45) is 5.92 Å². The summed E-state index contributed by atoms with van der Waals surface area (Å²) in [5.41, 5.74) is 1.47. The van der Waals surface area contributed by atoms with E-state index in [-0.39, 0.29) is 12.6 Å². The van der Waals surface area contributed by atoms with Crippen LogP contribution >= 0.6 is 0 Å². The van der Waals surface area contributed by atoms with Gasteiger partial charge in [0.2, 0.25) is 0 Å². The molecule has 1 saturated heterocycles. The molecule has 1 aromatic heterocycles. The zero-order chi connectivity index (χ0) is 28.7. The van der Waals surface area contributed by atoms with E-state index in [0.29, 0.717) is 18.8 Å². The fraction of sp³-hybridized carbons (Fsp3) is 0.645. The molecule has 1 N–H and O–H groups in total. The summed E-state index contributed by atoms with van der Waals surface area (Å²) in [5.74, 6) is 1.52. The minimum Gasteiger partial charge on any atom is -0.497 e. The molecule has 1 spiro atoms. The van der Waals surface area contributed by atoms with Gasteiger partial charge >= 0.3 is 12.1 Å². The molecular formula is C31H42N2O7. The molecule has 3 aliphatic rings. The molecule has 1 amide bonds. The largest absolute Gasteiger partial charge is 0.497 e. The van der Waals surface area contributed by atoms with Gasteiger partial charge in [0.25, 0.3) is 0 Å². The number of nitrogens with zero attached hydrogens (tertiary/aromatic N) is 2. The van der Waals surface area contributed by atoms with E-state index in [4.69, 9.17) is 23.9 Å². The number of aryl methyl sites for hydroxylation is 2. The number of hydrogen-bond donors (Lipinski definition) is 1. The Bertz CT molecular complexity index is 1270. The van der Waals surface area contributed by atoms with Crippen molar-refractivity contribution in [3.63, 3.8) is 0 Å². The van der Waals surface area contributed by atoms with Gasteiger partial charge in [-0.3, -0.25) is 4.90 Å². The second-order valence-electron chi connectivity index (χ2n) is 12.5. The highest BCUT2D eigenvalue weighted by Gasteiger charge is 2.53. The summed E-state index contributed by atoms with van der Waals surface area (Å²) in [6.07, 6.45) is 6.94. The van der Waals surface area contributed by atoms with Crippen molar-refractivity contribution in [3.8, 4) is 11.5 Å². The molecule has 0 bridgehead atoms. The van der Waals surface area contributed by atoms with Gasteiger partial charge in [-0.2, -0.15) is 0 Å². The molecule has 218 valence electrons. The molecule has 2 aliphatic heterocycles. The lowest BCUT2D eigenvalue weighted by Crippen LogP contribution is -2.46.